The van der Waals surface area contributed by atoms with Crippen LogP contribution in [0, 0.1) is 0 Å². The Morgan fingerprint density at radius 2 is 1.57 bits per heavy atom. The van der Waals surface area contributed by atoms with Crippen LogP contribution in [0.1, 0.15) is 21.5 Å². The van der Waals surface area contributed by atoms with Crippen LogP contribution in [-0.2, 0) is 11.4 Å². The monoisotopic (exact) mass is 400 g/mol. The van der Waals surface area contributed by atoms with Gasteiger partial charge < -0.3 is 15.0 Å². The minimum absolute atomic E-state index is 0.166. The number of benzene rings is 3. The van der Waals surface area contributed by atoms with Crippen molar-refractivity contribution in [3.63, 3.8) is 0 Å². The Kier molecular flexibility index (Phi) is 7.00. The summed E-state index contributed by atoms with van der Waals surface area (Å²) in [4.78, 5) is 26.0. The van der Waals surface area contributed by atoms with Gasteiger partial charge in [0, 0.05) is 20.2 Å². The lowest BCUT2D eigenvalue weighted by atomic mass is 10.1. The number of para-hydroxylation sites is 1. The van der Waals surface area contributed by atoms with Crippen LogP contribution in [0.5, 0.6) is 5.75 Å². The molecule has 0 heterocycles. The first-order valence-electron chi connectivity index (χ1n) is 9.59. The van der Waals surface area contributed by atoms with Gasteiger partial charge in [-0.15, -0.1) is 0 Å². The molecule has 3 rings (SSSR count). The van der Waals surface area contributed by atoms with Gasteiger partial charge in [-0.05, 0) is 41.5 Å². The third kappa shape index (κ3) is 5.82. The minimum Gasteiger partial charge on any atom is -0.489 e. The number of nitrogens with one attached hydrogen (secondary N) is 1. The second-order valence-corrected chi connectivity index (χ2v) is 6.91. The van der Waals surface area contributed by atoms with Crippen molar-refractivity contribution in [1.29, 1.82) is 0 Å². The fourth-order valence-electron chi connectivity index (χ4n) is 2.78. The Labute approximate surface area is 176 Å². The number of nitrogens with zero attached hydrogens (tertiary/aromatic N) is 1. The highest BCUT2D eigenvalue weighted by molar-refractivity contribution is 6.07. The van der Waals surface area contributed by atoms with Crippen molar-refractivity contribution >= 4 is 23.6 Å². The minimum atomic E-state index is -0.307. The molecule has 2 amide bonds. The van der Waals surface area contributed by atoms with E-state index in [9.17, 15) is 9.59 Å². The molecule has 0 aliphatic rings. The van der Waals surface area contributed by atoms with E-state index in [0.29, 0.717) is 17.9 Å². The summed E-state index contributed by atoms with van der Waals surface area (Å²) in [7, 11) is 3.35. The quantitative estimate of drug-likeness (QED) is 0.589. The van der Waals surface area contributed by atoms with E-state index in [0.717, 1.165) is 16.9 Å². The Balaban J connectivity index is 1.58. The number of hydrogen-bond acceptors (Lipinski definition) is 3. The second kappa shape index (κ2) is 10.1. The molecule has 30 heavy (non-hydrogen) atoms. The number of rotatable bonds is 7. The normalized spacial score (nSPS) is 10.6. The molecule has 152 valence electrons. The first-order valence-corrected chi connectivity index (χ1v) is 9.59. The van der Waals surface area contributed by atoms with Gasteiger partial charge in [0.05, 0.1) is 11.3 Å². The summed E-state index contributed by atoms with van der Waals surface area (Å²) in [6.07, 6.45) is 3.16. The van der Waals surface area contributed by atoms with Gasteiger partial charge in [0.1, 0.15) is 12.4 Å². The van der Waals surface area contributed by atoms with Crippen LogP contribution < -0.4 is 10.1 Å². The summed E-state index contributed by atoms with van der Waals surface area (Å²) in [5.41, 5.74) is 2.90. The van der Waals surface area contributed by atoms with E-state index in [2.05, 4.69) is 5.32 Å². The Morgan fingerprint density at radius 3 is 2.27 bits per heavy atom. The number of ether oxygens (including phenoxy) is 1. The Morgan fingerprint density at radius 1 is 0.900 bits per heavy atom. The van der Waals surface area contributed by atoms with Crippen molar-refractivity contribution < 1.29 is 14.3 Å². The average Bonchev–Trinajstić information content (AvgIpc) is 2.77. The fraction of sp³-hybridized carbons (Fsp3) is 0.120. The summed E-state index contributed by atoms with van der Waals surface area (Å²) < 4.78 is 5.77. The molecule has 0 aromatic heterocycles. The molecule has 0 aliphatic carbocycles. The van der Waals surface area contributed by atoms with Gasteiger partial charge in [-0.3, -0.25) is 9.59 Å². The zero-order valence-corrected chi connectivity index (χ0v) is 17.0. The molecule has 0 radical (unpaired) electrons. The van der Waals surface area contributed by atoms with E-state index in [-0.39, 0.29) is 11.8 Å². The lowest BCUT2D eigenvalue weighted by Crippen LogP contribution is -2.23. The van der Waals surface area contributed by atoms with E-state index in [1.54, 1.807) is 44.4 Å². The van der Waals surface area contributed by atoms with E-state index in [1.807, 2.05) is 54.6 Å². The molecule has 0 atom stereocenters. The topological polar surface area (TPSA) is 58.6 Å². The number of amides is 2. The van der Waals surface area contributed by atoms with Gasteiger partial charge in [-0.1, -0.05) is 54.6 Å². The molecule has 3 aromatic carbocycles. The van der Waals surface area contributed by atoms with Crippen LogP contribution in [0.3, 0.4) is 0 Å². The molecule has 0 bridgehead atoms. The maximum absolute atomic E-state index is 12.3. The van der Waals surface area contributed by atoms with E-state index >= 15 is 0 Å². The summed E-state index contributed by atoms with van der Waals surface area (Å²) in [6, 6.07) is 24.4. The van der Waals surface area contributed by atoms with Crippen molar-refractivity contribution in [2.75, 3.05) is 19.4 Å². The lowest BCUT2D eigenvalue weighted by Gasteiger charge is -2.14. The molecular formula is C25H24N2O3. The van der Waals surface area contributed by atoms with Crippen LogP contribution >= 0.6 is 0 Å². The number of anilines is 1. The van der Waals surface area contributed by atoms with E-state index in [4.69, 9.17) is 4.74 Å². The second-order valence-electron chi connectivity index (χ2n) is 6.91. The summed E-state index contributed by atoms with van der Waals surface area (Å²) >= 11 is 0. The van der Waals surface area contributed by atoms with Gasteiger partial charge in [-0.25, -0.2) is 0 Å². The average molecular weight is 400 g/mol. The molecule has 5 nitrogen and oxygen atoms in total. The van der Waals surface area contributed by atoms with Crippen molar-refractivity contribution in [2.45, 2.75) is 6.61 Å². The van der Waals surface area contributed by atoms with Crippen LogP contribution in [0.15, 0.2) is 84.9 Å². The van der Waals surface area contributed by atoms with Crippen LogP contribution in [0.2, 0.25) is 0 Å². The Hall–Kier alpha value is -3.86. The van der Waals surface area contributed by atoms with Crippen molar-refractivity contribution in [2.24, 2.45) is 0 Å². The van der Waals surface area contributed by atoms with Gasteiger partial charge in [-0.2, -0.15) is 0 Å². The molecule has 0 spiro atoms. The summed E-state index contributed by atoms with van der Waals surface area (Å²) in [6.45, 7) is 0.503. The van der Waals surface area contributed by atoms with E-state index in [1.165, 1.54) is 11.0 Å². The van der Waals surface area contributed by atoms with Crippen molar-refractivity contribution in [3.05, 3.63) is 102 Å². The molecule has 5 heteroatoms. The maximum Gasteiger partial charge on any atom is 0.255 e. The largest absolute Gasteiger partial charge is 0.489 e. The maximum atomic E-state index is 12.3. The third-order valence-electron chi connectivity index (χ3n) is 4.38. The number of carbonyl (C=O) groups excluding carboxylic acids is 2. The zero-order valence-electron chi connectivity index (χ0n) is 17.0. The van der Waals surface area contributed by atoms with Gasteiger partial charge in [0.15, 0.2) is 0 Å². The molecule has 0 unspecified atom stereocenters. The third-order valence-corrected chi connectivity index (χ3v) is 4.38. The van der Waals surface area contributed by atoms with Gasteiger partial charge in [0.25, 0.3) is 5.91 Å². The van der Waals surface area contributed by atoms with Crippen LogP contribution in [0.4, 0.5) is 5.69 Å². The predicted molar refractivity (Wildman–Crippen MR) is 119 cm³/mol. The summed E-state index contributed by atoms with van der Waals surface area (Å²) in [5, 5.41) is 2.77. The first kappa shape index (κ1) is 20.9. The molecule has 1 N–H and O–H groups in total. The fourth-order valence-corrected chi connectivity index (χ4v) is 2.78. The molecule has 0 saturated heterocycles. The number of carbonyl (C=O) groups is 2. The predicted octanol–water partition coefficient (Wildman–Crippen LogP) is 4.62. The molecule has 0 aliphatic heterocycles. The molecule has 3 aromatic rings. The van der Waals surface area contributed by atoms with Crippen molar-refractivity contribution in [1.82, 2.24) is 4.90 Å². The summed E-state index contributed by atoms with van der Waals surface area (Å²) in [5.74, 6) is 0.288. The highest BCUT2D eigenvalue weighted by Crippen LogP contribution is 2.18. The highest BCUT2D eigenvalue weighted by Gasteiger charge is 2.13. The standard InChI is InChI=1S/C25H24N2O3/c1-27(2)25(29)22-10-6-7-11-23(22)26-24(28)17-14-19-12-15-21(16-13-19)30-18-20-8-4-3-5-9-20/h3-17H,18H2,1-2H3,(H,26,28)/b17-14+. The smallest absolute Gasteiger partial charge is 0.255 e. The Bertz CT molecular complexity index is 1030. The van der Waals surface area contributed by atoms with E-state index < -0.39 is 0 Å². The van der Waals surface area contributed by atoms with Crippen LogP contribution in [0.25, 0.3) is 6.08 Å². The highest BCUT2D eigenvalue weighted by atomic mass is 16.5. The first-order chi connectivity index (χ1) is 14.5. The molecule has 0 fully saturated rings. The molecule has 0 saturated carbocycles. The number of hydrogen-bond donors (Lipinski definition) is 1. The van der Waals surface area contributed by atoms with Gasteiger partial charge >= 0.3 is 0 Å². The SMILES string of the molecule is CN(C)C(=O)c1ccccc1NC(=O)/C=C/c1ccc(OCc2ccccc2)cc1. The van der Waals surface area contributed by atoms with Crippen LogP contribution in [-0.4, -0.2) is 30.8 Å². The van der Waals surface area contributed by atoms with Gasteiger partial charge in [0.2, 0.25) is 5.91 Å². The molecular weight excluding hydrogens is 376 g/mol. The lowest BCUT2D eigenvalue weighted by molar-refractivity contribution is -0.111. The van der Waals surface area contributed by atoms with Crippen molar-refractivity contribution in [3.8, 4) is 5.75 Å². The zero-order chi connectivity index (χ0) is 21.3.